The van der Waals surface area contributed by atoms with Crippen LogP contribution in [-0.2, 0) is 11.8 Å². The molecule has 0 bridgehead atoms. The molecule has 2 heterocycles. The second kappa shape index (κ2) is 4.59. The highest BCUT2D eigenvalue weighted by Gasteiger charge is 2.31. The average Bonchev–Trinajstić information content (AvgIpc) is 2.24. The summed E-state index contributed by atoms with van der Waals surface area (Å²) in [6.07, 6.45) is 1.14. The van der Waals surface area contributed by atoms with E-state index in [2.05, 4.69) is 13.8 Å². The number of nitrogens with zero attached hydrogens (tertiary/aromatic N) is 1. The molecule has 2 rings (SSSR count). The van der Waals surface area contributed by atoms with Gasteiger partial charge in [0.25, 0.3) is 5.56 Å². The summed E-state index contributed by atoms with van der Waals surface area (Å²) in [5.41, 5.74) is 1.43. The number of ether oxygens (including phenoxy) is 1. The summed E-state index contributed by atoms with van der Waals surface area (Å²) in [7, 11) is 1.75. The molecule has 1 aromatic heterocycles. The average molecular weight is 249 g/mol. The summed E-state index contributed by atoms with van der Waals surface area (Å²) < 4.78 is 6.82. The molecule has 0 saturated heterocycles. The van der Waals surface area contributed by atoms with Gasteiger partial charge in [0.1, 0.15) is 5.75 Å². The van der Waals surface area contributed by atoms with Gasteiger partial charge in [-0.1, -0.05) is 13.8 Å². The first-order valence-electron chi connectivity index (χ1n) is 6.31. The van der Waals surface area contributed by atoms with Gasteiger partial charge in [-0.15, -0.1) is 0 Å². The van der Waals surface area contributed by atoms with E-state index in [9.17, 15) is 9.59 Å². The topological polar surface area (TPSA) is 48.3 Å². The summed E-state index contributed by atoms with van der Waals surface area (Å²) in [6.45, 7) is 6.03. The zero-order chi connectivity index (χ0) is 13.4. The number of hydrogen-bond acceptors (Lipinski definition) is 3. The number of rotatable bonds is 2. The number of esters is 1. The summed E-state index contributed by atoms with van der Waals surface area (Å²) >= 11 is 0. The van der Waals surface area contributed by atoms with Crippen molar-refractivity contribution < 1.29 is 9.53 Å². The van der Waals surface area contributed by atoms with Crippen molar-refractivity contribution in [1.29, 1.82) is 0 Å². The highest BCUT2D eigenvalue weighted by molar-refractivity contribution is 5.76. The van der Waals surface area contributed by atoms with E-state index in [4.69, 9.17) is 4.74 Å². The van der Waals surface area contributed by atoms with Gasteiger partial charge in [0.2, 0.25) is 0 Å². The molecule has 98 valence electrons. The van der Waals surface area contributed by atoms with E-state index in [0.717, 1.165) is 12.1 Å². The third kappa shape index (κ3) is 2.19. The molecule has 0 unspecified atom stereocenters. The molecule has 1 aromatic rings. The van der Waals surface area contributed by atoms with Crippen LogP contribution in [-0.4, -0.2) is 10.5 Å². The highest BCUT2D eigenvalue weighted by atomic mass is 16.5. The predicted molar refractivity (Wildman–Crippen MR) is 68.9 cm³/mol. The van der Waals surface area contributed by atoms with Crippen LogP contribution < -0.4 is 10.3 Å². The summed E-state index contributed by atoms with van der Waals surface area (Å²) in [5.74, 6) is 0.651. The van der Waals surface area contributed by atoms with Crippen LogP contribution in [0.25, 0.3) is 0 Å². The number of aromatic nitrogens is 1. The van der Waals surface area contributed by atoms with E-state index in [0.29, 0.717) is 23.7 Å². The van der Waals surface area contributed by atoms with Crippen molar-refractivity contribution in [2.45, 2.75) is 39.5 Å². The maximum absolute atomic E-state index is 12.3. The Labute approximate surface area is 107 Å². The minimum atomic E-state index is -0.235. The van der Waals surface area contributed by atoms with Crippen LogP contribution in [0.3, 0.4) is 0 Å². The molecule has 0 amide bonds. The smallest absolute Gasteiger partial charge is 0.311 e. The van der Waals surface area contributed by atoms with Crippen molar-refractivity contribution in [1.82, 2.24) is 4.57 Å². The third-order valence-corrected chi connectivity index (χ3v) is 3.47. The molecular formula is C14H19NO3. The van der Waals surface area contributed by atoms with Gasteiger partial charge < -0.3 is 9.30 Å². The SMILES string of the molecule is Cc1cc2c(c(=O)n1C)[C@H](CC(C)C)CC(=O)O2. The van der Waals surface area contributed by atoms with Gasteiger partial charge >= 0.3 is 5.97 Å². The minimum absolute atomic E-state index is 0.0134. The molecule has 1 aliphatic rings. The van der Waals surface area contributed by atoms with Crippen molar-refractivity contribution >= 4 is 5.97 Å². The molecule has 0 saturated carbocycles. The van der Waals surface area contributed by atoms with Crippen LogP contribution in [0.15, 0.2) is 10.9 Å². The maximum Gasteiger partial charge on any atom is 0.311 e. The van der Waals surface area contributed by atoms with Crippen LogP contribution in [0.4, 0.5) is 0 Å². The second-order valence-electron chi connectivity index (χ2n) is 5.43. The number of hydrogen-bond donors (Lipinski definition) is 0. The lowest BCUT2D eigenvalue weighted by Crippen LogP contribution is -2.32. The van der Waals surface area contributed by atoms with Crippen molar-refractivity contribution in [3.8, 4) is 5.75 Å². The van der Waals surface area contributed by atoms with Gasteiger partial charge in [-0.25, -0.2) is 0 Å². The zero-order valence-electron chi connectivity index (χ0n) is 11.3. The second-order valence-corrected chi connectivity index (χ2v) is 5.43. The Balaban J connectivity index is 2.56. The van der Waals surface area contributed by atoms with Gasteiger partial charge in [-0.05, 0) is 19.3 Å². The highest BCUT2D eigenvalue weighted by Crippen LogP contribution is 2.35. The van der Waals surface area contributed by atoms with Gasteiger partial charge in [0, 0.05) is 24.7 Å². The molecule has 0 aliphatic carbocycles. The van der Waals surface area contributed by atoms with E-state index < -0.39 is 0 Å². The number of pyridine rings is 1. The van der Waals surface area contributed by atoms with Crippen molar-refractivity contribution in [3.05, 3.63) is 27.7 Å². The van der Waals surface area contributed by atoms with Crippen LogP contribution in [0.1, 0.15) is 43.9 Å². The minimum Gasteiger partial charge on any atom is -0.426 e. The molecule has 1 aliphatic heterocycles. The molecule has 4 nitrogen and oxygen atoms in total. The Morgan fingerprint density at radius 1 is 1.44 bits per heavy atom. The lowest BCUT2D eigenvalue weighted by atomic mass is 9.86. The van der Waals surface area contributed by atoms with Crippen molar-refractivity contribution in [3.63, 3.8) is 0 Å². The fraction of sp³-hybridized carbons (Fsp3) is 0.571. The van der Waals surface area contributed by atoms with E-state index in [-0.39, 0.29) is 17.4 Å². The largest absolute Gasteiger partial charge is 0.426 e. The van der Waals surface area contributed by atoms with Gasteiger partial charge in [-0.3, -0.25) is 9.59 Å². The van der Waals surface area contributed by atoms with Crippen LogP contribution >= 0.6 is 0 Å². The van der Waals surface area contributed by atoms with Crippen molar-refractivity contribution in [2.75, 3.05) is 0 Å². The van der Waals surface area contributed by atoms with Crippen molar-refractivity contribution in [2.24, 2.45) is 13.0 Å². The Morgan fingerprint density at radius 3 is 2.72 bits per heavy atom. The number of carbonyl (C=O) groups excluding carboxylic acids is 1. The molecule has 0 spiro atoms. The lowest BCUT2D eigenvalue weighted by Gasteiger charge is -2.26. The van der Waals surface area contributed by atoms with E-state index >= 15 is 0 Å². The molecule has 0 fully saturated rings. The van der Waals surface area contributed by atoms with E-state index in [1.165, 1.54) is 0 Å². The first-order chi connectivity index (χ1) is 8.40. The molecule has 0 N–H and O–H groups in total. The summed E-state index contributed by atoms with van der Waals surface area (Å²) in [4.78, 5) is 23.9. The fourth-order valence-electron chi connectivity index (χ4n) is 2.51. The Bertz CT molecular complexity index is 543. The summed E-state index contributed by atoms with van der Waals surface area (Å²) in [5, 5.41) is 0. The molecule has 0 radical (unpaired) electrons. The maximum atomic E-state index is 12.3. The first kappa shape index (κ1) is 12.9. The zero-order valence-corrected chi connectivity index (χ0v) is 11.3. The third-order valence-electron chi connectivity index (χ3n) is 3.47. The van der Waals surface area contributed by atoms with E-state index in [1.807, 2.05) is 6.92 Å². The Morgan fingerprint density at radius 2 is 2.11 bits per heavy atom. The standard InChI is InChI=1S/C14H19NO3/c1-8(2)5-10-7-12(16)18-11-6-9(3)15(4)14(17)13(10)11/h6,8,10H,5,7H2,1-4H3/t10-/m1/s1. The number of carbonyl (C=O) groups is 1. The summed E-state index contributed by atoms with van der Waals surface area (Å²) in [6, 6.07) is 1.78. The molecular weight excluding hydrogens is 230 g/mol. The predicted octanol–water partition coefficient (Wildman–Crippen LogP) is 2.13. The Hall–Kier alpha value is -1.58. The van der Waals surface area contributed by atoms with Crippen LogP contribution in [0.5, 0.6) is 5.75 Å². The fourth-order valence-corrected chi connectivity index (χ4v) is 2.51. The molecule has 1 atom stereocenters. The molecule has 0 aromatic carbocycles. The normalized spacial score (nSPS) is 18.7. The molecule has 4 heteroatoms. The molecule has 18 heavy (non-hydrogen) atoms. The van der Waals surface area contributed by atoms with Gasteiger partial charge in [0.15, 0.2) is 0 Å². The first-order valence-corrected chi connectivity index (χ1v) is 6.31. The number of fused-ring (bicyclic) bond motifs is 1. The number of aryl methyl sites for hydroxylation is 1. The lowest BCUT2D eigenvalue weighted by molar-refractivity contribution is -0.136. The van der Waals surface area contributed by atoms with Crippen LogP contribution in [0.2, 0.25) is 0 Å². The quantitative estimate of drug-likeness (QED) is 0.754. The van der Waals surface area contributed by atoms with Gasteiger partial charge in [-0.2, -0.15) is 0 Å². The van der Waals surface area contributed by atoms with Crippen LogP contribution in [0, 0.1) is 12.8 Å². The van der Waals surface area contributed by atoms with Gasteiger partial charge in [0.05, 0.1) is 12.0 Å². The monoisotopic (exact) mass is 249 g/mol. The van der Waals surface area contributed by atoms with E-state index in [1.54, 1.807) is 17.7 Å². The Kier molecular flexibility index (Phi) is 3.28.